The summed E-state index contributed by atoms with van der Waals surface area (Å²) in [5, 5.41) is 21.3. The van der Waals surface area contributed by atoms with Gasteiger partial charge in [0.15, 0.2) is 0 Å². The Morgan fingerprint density at radius 2 is 0.717 bits per heavy atom. The topological polar surface area (TPSA) is 106 Å². The van der Waals surface area contributed by atoms with E-state index in [-0.39, 0.29) is 37.2 Å². The lowest BCUT2D eigenvalue weighted by atomic mass is 9.96. The van der Waals surface area contributed by atoms with Gasteiger partial charge in [0.1, 0.15) is 25.4 Å². The third-order valence-corrected chi connectivity index (χ3v) is 11.8. The molecular formula is C50H66N4O6. The zero-order valence-electron chi connectivity index (χ0n) is 35.3. The largest absolute Gasteiger partial charge is 0.463 e. The van der Waals surface area contributed by atoms with Gasteiger partial charge in [-0.2, -0.15) is 0 Å². The van der Waals surface area contributed by atoms with Crippen LogP contribution in [0.4, 0.5) is 0 Å². The van der Waals surface area contributed by atoms with E-state index in [0.717, 1.165) is 90.9 Å². The highest BCUT2D eigenvalue weighted by molar-refractivity contribution is 5.69. The number of rotatable bonds is 23. The van der Waals surface area contributed by atoms with Gasteiger partial charge in [0.05, 0.1) is 12.1 Å². The summed E-state index contributed by atoms with van der Waals surface area (Å²) >= 11 is 0. The molecule has 322 valence electrons. The van der Waals surface area contributed by atoms with Gasteiger partial charge in [0.2, 0.25) is 0 Å². The third kappa shape index (κ3) is 14.6. The standard InChI is InChI=1S/C50H66N4O6/c55-45(37-51-29-33-53(34-30-51)49(41-19-9-5-10-20-41)42-21-11-6-12-22-42)39-59-47(57)27-17-3-1-2-4-18-28-48(58)60-40-46(56)38-52-31-35-54(36-32-52)50(43-23-13-7-14-24-43)44-25-15-8-16-26-44/h5-16,19-26,45-46,49-50,55-56H,1-4,17-18,27-40H2/t45-,46-/m0/s1. The van der Waals surface area contributed by atoms with Gasteiger partial charge in [-0.05, 0) is 35.1 Å². The molecular weight excluding hydrogens is 753 g/mol. The molecule has 0 aromatic heterocycles. The molecule has 2 saturated heterocycles. The van der Waals surface area contributed by atoms with Crippen molar-refractivity contribution in [1.29, 1.82) is 0 Å². The number of esters is 2. The van der Waals surface area contributed by atoms with Crippen molar-refractivity contribution in [2.75, 3.05) is 78.7 Å². The smallest absolute Gasteiger partial charge is 0.305 e. The zero-order valence-corrected chi connectivity index (χ0v) is 35.3. The number of hydrogen-bond donors (Lipinski definition) is 2. The normalized spacial score (nSPS) is 16.8. The van der Waals surface area contributed by atoms with Crippen LogP contribution in [-0.2, 0) is 19.1 Å². The predicted octanol–water partition coefficient (Wildman–Crippen LogP) is 6.73. The number of carbonyl (C=O) groups excluding carboxylic acids is 2. The van der Waals surface area contributed by atoms with Crippen LogP contribution in [0.1, 0.15) is 85.7 Å². The van der Waals surface area contributed by atoms with Gasteiger partial charge in [-0.25, -0.2) is 0 Å². The fraction of sp³-hybridized carbons (Fsp3) is 0.480. The van der Waals surface area contributed by atoms with Crippen LogP contribution < -0.4 is 0 Å². The summed E-state index contributed by atoms with van der Waals surface area (Å²) in [5.41, 5.74) is 5.12. The highest BCUT2D eigenvalue weighted by Gasteiger charge is 2.29. The van der Waals surface area contributed by atoms with Gasteiger partial charge in [0, 0.05) is 78.3 Å². The van der Waals surface area contributed by atoms with E-state index < -0.39 is 12.2 Å². The lowest BCUT2D eigenvalue weighted by Gasteiger charge is -2.40. The molecule has 0 bridgehead atoms. The van der Waals surface area contributed by atoms with E-state index in [0.29, 0.717) is 25.9 Å². The Hall–Kier alpha value is -4.42. The first kappa shape index (κ1) is 45.1. The van der Waals surface area contributed by atoms with Crippen LogP contribution in [0.15, 0.2) is 121 Å². The quantitative estimate of drug-likeness (QED) is 0.0619. The van der Waals surface area contributed by atoms with Gasteiger partial charge in [0.25, 0.3) is 0 Å². The molecule has 4 aromatic carbocycles. The second kappa shape index (κ2) is 24.7. The Bertz CT molecular complexity index is 1570. The molecule has 2 fully saturated rings. The first-order valence-electron chi connectivity index (χ1n) is 22.2. The van der Waals surface area contributed by atoms with Crippen molar-refractivity contribution in [3.05, 3.63) is 144 Å². The third-order valence-electron chi connectivity index (χ3n) is 11.8. The number of benzene rings is 4. The second-order valence-corrected chi connectivity index (χ2v) is 16.4. The summed E-state index contributed by atoms with van der Waals surface area (Å²) < 4.78 is 10.8. The molecule has 0 amide bonds. The average Bonchev–Trinajstić information content (AvgIpc) is 3.29. The summed E-state index contributed by atoms with van der Waals surface area (Å²) in [6, 6.07) is 42.9. The van der Waals surface area contributed by atoms with E-state index in [4.69, 9.17) is 9.47 Å². The molecule has 0 saturated carbocycles. The molecule has 0 spiro atoms. The highest BCUT2D eigenvalue weighted by Crippen LogP contribution is 2.31. The van der Waals surface area contributed by atoms with E-state index in [1.807, 2.05) is 0 Å². The predicted molar refractivity (Wildman–Crippen MR) is 236 cm³/mol. The molecule has 2 aliphatic heterocycles. The van der Waals surface area contributed by atoms with Crippen LogP contribution in [0, 0.1) is 0 Å². The number of piperazine rings is 2. The maximum Gasteiger partial charge on any atom is 0.305 e. The number of unbranched alkanes of at least 4 members (excludes halogenated alkanes) is 5. The van der Waals surface area contributed by atoms with Gasteiger partial charge >= 0.3 is 11.9 Å². The van der Waals surface area contributed by atoms with E-state index in [1.165, 1.54) is 22.3 Å². The molecule has 2 heterocycles. The monoisotopic (exact) mass is 818 g/mol. The van der Waals surface area contributed by atoms with Gasteiger partial charge in [-0.1, -0.05) is 147 Å². The van der Waals surface area contributed by atoms with Crippen LogP contribution in [-0.4, -0.2) is 133 Å². The van der Waals surface area contributed by atoms with Crippen LogP contribution in [0.3, 0.4) is 0 Å². The maximum atomic E-state index is 12.4. The Morgan fingerprint density at radius 3 is 1.02 bits per heavy atom. The van der Waals surface area contributed by atoms with Crippen molar-refractivity contribution in [2.45, 2.75) is 75.7 Å². The zero-order chi connectivity index (χ0) is 41.8. The van der Waals surface area contributed by atoms with E-state index in [1.54, 1.807) is 0 Å². The number of hydrogen-bond acceptors (Lipinski definition) is 10. The second-order valence-electron chi connectivity index (χ2n) is 16.4. The van der Waals surface area contributed by atoms with E-state index in [2.05, 4.69) is 141 Å². The number of aliphatic hydroxyl groups is 2. The maximum absolute atomic E-state index is 12.4. The Balaban J connectivity index is 0.754. The average molecular weight is 819 g/mol. The van der Waals surface area contributed by atoms with Crippen molar-refractivity contribution in [2.24, 2.45) is 0 Å². The fourth-order valence-corrected chi connectivity index (χ4v) is 8.65. The minimum absolute atomic E-state index is 0.0184. The summed E-state index contributed by atoms with van der Waals surface area (Å²) in [7, 11) is 0. The molecule has 0 radical (unpaired) electrons. The van der Waals surface area contributed by atoms with Crippen molar-refractivity contribution >= 4 is 11.9 Å². The molecule has 60 heavy (non-hydrogen) atoms. The molecule has 6 rings (SSSR count). The van der Waals surface area contributed by atoms with E-state index in [9.17, 15) is 19.8 Å². The van der Waals surface area contributed by atoms with Gasteiger partial charge in [-0.15, -0.1) is 0 Å². The first-order valence-corrected chi connectivity index (χ1v) is 22.2. The SMILES string of the molecule is O=C(CCCCCCCCC(=O)OC[C@@H](O)CN1CCN(C(c2ccccc2)c2ccccc2)CC1)OC[C@@H](O)CN1CCN(C(c2ccccc2)c2ccccc2)CC1. The van der Waals surface area contributed by atoms with Crippen LogP contribution in [0.25, 0.3) is 0 Å². The van der Waals surface area contributed by atoms with Crippen LogP contribution in [0.5, 0.6) is 0 Å². The van der Waals surface area contributed by atoms with Crippen molar-refractivity contribution in [3.63, 3.8) is 0 Å². The number of β-amino-alcohol motifs (C(OH)–C–C–N with tert-alkyl or cyclic N) is 2. The summed E-state index contributed by atoms with van der Waals surface area (Å²) in [4.78, 5) is 34.3. The number of aliphatic hydroxyl groups excluding tert-OH is 2. The van der Waals surface area contributed by atoms with E-state index >= 15 is 0 Å². The molecule has 0 aliphatic carbocycles. The van der Waals surface area contributed by atoms with Crippen molar-refractivity contribution < 1.29 is 29.3 Å². The van der Waals surface area contributed by atoms with Crippen molar-refractivity contribution in [3.8, 4) is 0 Å². The number of carbonyl (C=O) groups is 2. The minimum atomic E-state index is -0.713. The van der Waals surface area contributed by atoms with Gasteiger partial charge < -0.3 is 19.7 Å². The number of ether oxygens (including phenoxy) is 2. The molecule has 10 nitrogen and oxygen atoms in total. The van der Waals surface area contributed by atoms with Crippen LogP contribution >= 0.6 is 0 Å². The van der Waals surface area contributed by atoms with Gasteiger partial charge in [-0.3, -0.25) is 29.2 Å². The van der Waals surface area contributed by atoms with Crippen molar-refractivity contribution in [1.82, 2.24) is 19.6 Å². The molecule has 2 aliphatic rings. The molecule has 4 aromatic rings. The fourth-order valence-electron chi connectivity index (χ4n) is 8.65. The molecule has 0 unspecified atom stereocenters. The number of nitrogens with zero attached hydrogens (tertiary/aromatic N) is 4. The summed E-state index contributed by atoms with van der Waals surface area (Å²) in [5.74, 6) is -0.529. The minimum Gasteiger partial charge on any atom is -0.463 e. The lowest BCUT2D eigenvalue weighted by Crippen LogP contribution is -2.50. The molecule has 10 heteroatoms. The first-order chi connectivity index (χ1) is 29.4. The Labute approximate surface area is 357 Å². The molecule has 2 N–H and O–H groups in total. The van der Waals surface area contributed by atoms with Crippen LogP contribution in [0.2, 0.25) is 0 Å². The Morgan fingerprint density at radius 1 is 0.433 bits per heavy atom. The Kier molecular flexibility index (Phi) is 18.6. The lowest BCUT2D eigenvalue weighted by molar-refractivity contribution is -0.148. The summed E-state index contributed by atoms with van der Waals surface area (Å²) in [6.45, 7) is 7.95. The highest BCUT2D eigenvalue weighted by atomic mass is 16.5. The summed E-state index contributed by atoms with van der Waals surface area (Å²) in [6.07, 6.45) is 4.55. The molecule has 2 atom stereocenters.